The van der Waals surface area contributed by atoms with Crippen molar-refractivity contribution in [2.24, 2.45) is 0 Å². The molecule has 0 unspecified atom stereocenters. The molecule has 0 saturated heterocycles. The summed E-state index contributed by atoms with van der Waals surface area (Å²) in [5.41, 5.74) is 4.17. The van der Waals surface area contributed by atoms with Gasteiger partial charge in [-0.1, -0.05) is 76.6 Å². The third kappa shape index (κ3) is 7.04. The molecule has 0 spiro atoms. The van der Waals surface area contributed by atoms with Gasteiger partial charge in [0.05, 0.1) is 0 Å². The van der Waals surface area contributed by atoms with Crippen LogP contribution in [0.1, 0.15) is 102 Å². The summed E-state index contributed by atoms with van der Waals surface area (Å²) >= 11 is 0. The lowest BCUT2D eigenvalue weighted by molar-refractivity contribution is -0.536. The maximum absolute atomic E-state index is 13.2. The Morgan fingerprint density at radius 3 is 1.19 bits per heavy atom. The van der Waals surface area contributed by atoms with Gasteiger partial charge in [0.15, 0.2) is 0 Å². The molecule has 0 bridgehead atoms. The summed E-state index contributed by atoms with van der Waals surface area (Å²) < 4.78 is 0. The van der Waals surface area contributed by atoms with Crippen LogP contribution in [-0.2, 0) is 0 Å². The molecule has 1 saturated carbocycles. The van der Waals surface area contributed by atoms with Gasteiger partial charge in [-0.25, -0.2) is 0 Å². The molecule has 0 amide bonds. The summed E-state index contributed by atoms with van der Waals surface area (Å²) in [4.78, 5) is 4.77. The van der Waals surface area contributed by atoms with E-state index in [4.69, 9.17) is 0 Å². The van der Waals surface area contributed by atoms with E-state index >= 15 is 0 Å². The zero-order chi connectivity index (χ0) is 25.9. The van der Waals surface area contributed by atoms with E-state index in [2.05, 4.69) is 61.8 Å². The van der Waals surface area contributed by atoms with Crippen LogP contribution in [0.3, 0.4) is 0 Å². The van der Waals surface area contributed by atoms with E-state index in [0.717, 1.165) is 37.3 Å². The van der Waals surface area contributed by atoms with E-state index in [1.165, 1.54) is 62.7 Å². The van der Waals surface area contributed by atoms with Crippen molar-refractivity contribution in [3.63, 3.8) is 0 Å². The van der Waals surface area contributed by atoms with Crippen molar-refractivity contribution in [1.82, 2.24) is 0 Å². The first kappa shape index (κ1) is 28.5. The highest BCUT2D eigenvalue weighted by Crippen LogP contribution is 2.45. The van der Waals surface area contributed by atoms with Crippen LogP contribution in [0.4, 0.5) is 11.4 Å². The van der Waals surface area contributed by atoms with Crippen LogP contribution >= 0.6 is 0 Å². The minimum atomic E-state index is -0.878. The minimum Gasteiger partial charge on any atom is -0.851 e. The monoisotopic (exact) mass is 492 g/mol. The predicted molar refractivity (Wildman–Crippen MR) is 150 cm³/mol. The van der Waals surface area contributed by atoms with Crippen molar-refractivity contribution in [2.45, 2.75) is 103 Å². The van der Waals surface area contributed by atoms with Gasteiger partial charge in [-0.2, -0.15) is 0 Å². The third-order valence-electron chi connectivity index (χ3n) is 8.03. The number of unbranched alkanes of at least 4 members (excludes halogenated alkanes) is 6. The number of benzene rings is 2. The van der Waals surface area contributed by atoms with Gasteiger partial charge < -0.3 is 20.0 Å². The largest absolute Gasteiger partial charge is 0.851 e. The summed E-state index contributed by atoms with van der Waals surface area (Å²) in [7, 11) is 0. The van der Waals surface area contributed by atoms with Crippen LogP contribution < -0.4 is 20.0 Å². The van der Waals surface area contributed by atoms with Gasteiger partial charge in [0.25, 0.3) is 0 Å². The fourth-order valence-corrected chi connectivity index (χ4v) is 5.65. The zero-order valence-electron chi connectivity index (χ0n) is 23.1. The second kappa shape index (κ2) is 14.6. The Hall–Kier alpha value is -2.04. The molecule has 36 heavy (non-hydrogen) atoms. The van der Waals surface area contributed by atoms with E-state index in [9.17, 15) is 10.2 Å². The molecule has 2 aromatic rings. The number of anilines is 2. The highest BCUT2D eigenvalue weighted by molar-refractivity contribution is 5.51. The van der Waals surface area contributed by atoms with Gasteiger partial charge in [0.1, 0.15) is 0 Å². The summed E-state index contributed by atoms with van der Waals surface area (Å²) in [6.07, 6.45) is 8.24. The molecule has 1 aliphatic rings. The molecule has 0 heterocycles. The normalized spacial score (nSPS) is 21.3. The summed E-state index contributed by atoms with van der Waals surface area (Å²) in [5, 5.41) is 26.4. The number of nitrogens with zero attached hydrogens (tertiary/aromatic N) is 2. The lowest BCUT2D eigenvalue weighted by atomic mass is 9.63. The second-order valence-electron chi connectivity index (χ2n) is 10.4. The summed E-state index contributed by atoms with van der Waals surface area (Å²) in [5.74, 6) is -0.900. The van der Waals surface area contributed by atoms with Gasteiger partial charge >= 0.3 is 0 Å². The molecule has 1 fully saturated rings. The SMILES string of the molecule is CCCCCCN(CC)c1ccc(C2C([O-])C(c3ccc(N(CC)CCCCCC)cc3)C2[O-])cc1. The van der Waals surface area contributed by atoms with Gasteiger partial charge in [0.2, 0.25) is 0 Å². The molecular formula is C32H48N2O2-2. The molecule has 0 aromatic heterocycles. The van der Waals surface area contributed by atoms with Crippen LogP contribution in [0.5, 0.6) is 0 Å². The Morgan fingerprint density at radius 1 is 0.528 bits per heavy atom. The van der Waals surface area contributed by atoms with Crippen molar-refractivity contribution in [1.29, 1.82) is 0 Å². The first-order valence-electron chi connectivity index (χ1n) is 14.6. The van der Waals surface area contributed by atoms with Crippen LogP contribution in [0.15, 0.2) is 48.5 Å². The van der Waals surface area contributed by atoms with Gasteiger partial charge in [0, 0.05) is 37.6 Å². The van der Waals surface area contributed by atoms with E-state index in [-0.39, 0.29) is 0 Å². The van der Waals surface area contributed by atoms with Gasteiger partial charge in [-0.05, 0) is 73.9 Å². The molecule has 0 radical (unpaired) electrons. The van der Waals surface area contributed by atoms with E-state index < -0.39 is 24.0 Å². The summed E-state index contributed by atoms with van der Waals surface area (Å²) in [6, 6.07) is 16.5. The quantitative estimate of drug-likeness (QED) is 0.276. The smallest absolute Gasteiger partial charge is 0.0366 e. The van der Waals surface area contributed by atoms with Crippen LogP contribution in [0.2, 0.25) is 0 Å². The molecular weight excluding hydrogens is 444 g/mol. The molecule has 0 atom stereocenters. The molecule has 4 heteroatoms. The Morgan fingerprint density at radius 2 is 0.889 bits per heavy atom. The van der Waals surface area contributed by atoms with Crippen LogP contribution in [0, 0.1) is 0 Å². The highest BCUT2D eigenvalue weighted by Gasteiger charge is 2.38. The Balaban J connectivity index is 1.59. The molecule has 1 aliphatic carbocycles. The Bertz CT molecular complexity index is 785. The lowest BCUT2D eigenvalue weighted by Gasteiger charge is -2.61. The van der Waals surface area contributed by atoms with Crippen molar-refractivity contribution < 1.29 is 10.2 Å². The Kier molecular flexibility index (Phi) is 11.6. The molecule has 0 N–H and O–H groups in total. The van der Waals surface area contributed by atoms with Crippen molar-refractivity contribution in [2.75, 3.05) is 36.0 Å². The van der Waals surface area contributed by atoms with Crippen molar-refractivity contribution >= 4 is 11.4 Å². The number of hydrogen-bond donors (Lipinski definition) is 0. The first-order valence-corrected chi connectivity index (χ1v) is 14.6. The number of hydrogen-bond acceptors (Lipinski definition) is 4. The average Bonchev–Trinajstić information content (AvgIpc) is 2.90. The predicted octanol–water partition coefficient (Wildman–Crippen LogP) is 5.84. The van der Waals surface area contributed by atoms with Crippen LogP contribution in [-0.4, -0.2) is 38.4 Å². The topological polar surface area (TPSA) is 52.6 Å². The highest BCUT2D eigenvalue weighted by atomic mass is 16.3. The van der Waals surface area contributed by atoms with E-state index in [1.807, 2.05) is 24.3 Å². The third-order valence-corrected chi connectivity index (χ3v) is 8.03. The van der Waals surface area contributed by atoms with Gasteiger partial charge in [-0.3, -0.25) is 0 Å². The maximum Gasteiger partial charge on any atom is 0.0366 e. The second-order valence-corrected chi connectivity index (χ2v) is 10.4. The van der Waals surface area contributed by atoms with Crippen LogP contribution in [0.25, 0.3) is 0 Å². The maximum atomic E-state index is 13.2. The van der Waals surface area contributed by atoms with Crippen molar-refractivity contribution in [3.05, 3.63) is 59.7 Å². The number of rotatable bonds is 16. The van der Waals surface area contributed by atoms with E-state index in [1.54, 1.807) is 0 Å². The molecule has 200 valence electrons. The molecule has 4 nitrogen and oxygen atoms in total. The molecule has 3 rings (SSSR count). The lowest BCUT2D eigenvalue weighted by Crippen LogP contribution is -2.63. The molecule has 0 aliphatic heterocycles. The Labute approximate surface area is 220 Å². The first-order chi connectivity index (χ1) is 17.5. The zero-order valence-corrected chi connectivity index (χ0v) is 23.1. The standard InChI is InChI=1S/C32H48N2O2/c1-5-9-11-13-23-33(7-3)27-19-15-25(16-20-27)29-31(35)30(32(29)36)26-17-21-28(22-18-26)34(8-4)24-14-12-10-6-2/h15-22,29-32H,5-14,23-24H2,1-4H3/q-2. The van der Waals surface area contributed by atoms with E-state index in [0.29, 0.717) is 0 Å². The fraction of sp³-hybridized carbons (Fsp3) is 0.625. The molecule has 2 aromatic carbocycles. The summed E-state index contributed by atoms with van der Waals surface area (Å²) in [6.45, 7) is 12.9. The van der Waals surface area contributed by atoms with Gasteiger partial charge in [-0.15, -0.1) is 12.2 Å². The minimum absolute atomic E-state index is 0.450. The average molecular weight is 493 g/mol. The van der Waals surface area contributed by atoms with Crippen molar-refractivity contribution in [3.8, 4) is 0 Å². The fourth-order valence-electron chi connectivity index (χ4n) is 5.65.